The van der Waals surface area contributed by atoms with E-state index < -0.39 is 57.9 Å². The van der Waals surface area contributed by atoms with Crippen molar-refractivity contribution in [1.29, 1.82) is 0 Å². The highest BCUT2D eigenvalue weighted by Crippen LogP contribution is 2.45. The van der Waals surface area contributed by atoms with Crippen LogP contribution in [0, 0.1) is 0 Å². The summed E-state index contributed by atoms with van der Waals surface area (Å²) in [6.07, 6.45) is -1.03. The van der Waals surface area contributed by atoms with Crippen LogP contribution in [0.1, 0.15) is 55.9 Å². The number of amides is 1. The normalized spacial score (nSPS) is 21.6. The summed E-state index contributed by atoms with van der Waals surface area (Å²) in [6, 6.07) is 21.6. The van der Waals surface area contributed by atoms with Crippen molar-refractivity contribution < 1.29 is 27.9 Å². The van der Waals surface area contributed by atoms with E-state index in [1.54, 1.807) is 71.6 Å². The monoisotopic (exact) mass is 630 g/mol. The summed E-state index contributed by atoms with van der Waals surface area (Å²) in [5.74, 6) is -1.70. The molecule has 0 unspecified atom stereocenters. The van der Waals surface area contributed by atoms with Gasteiger partial charge in [-0.05, 0) is 66.8 Å². The summed E-state index contributed by atoms with van der Waals surface area (Å²) in [7, 11) is -3.70. The largest absolute Gasteiger partial charge is 0.481 e. The van der Waals surface area contributed by atoms with Crippen molar-refractivity contribution >= 4 is 50.8 Å². The molecule has 11 heteroatoms. The Labute approximate surface area is 255 Å². The first-order valence-electron chi connectivity index (χ1n) is 13.9. The Hall–Kier alpha value is -3.11. The molecule has 8 nitrogen and oxygen atoms in total. The van der Waals surface area contributed by atoms with Gasteiger partial charge in [0.2, 0.25) is 10.0 Å². The summed E-state index contributed by atoms with van der Waals surface area (Å²) >= 11 is 12.6. The number of ether oxygens (including phenoxy) is 1. The molecule has 5 rings (SSSR count). The number of carbonyl (C=O) groups is 2. The van der Waals surface area contributed by atoms with Crippen LogP contribution in [0.5, 0.6) is 0 Å². The van der Waals surface area contributed by atoms with Gasteiger partial charge in [-0.3, -0.25) is 13.9 Å². The fourth-order valence-corrected chi connectivity index (χ4v) is 7.71. The number of anilines is 1. The summed E-state index contributed by atoms with van der Waals surface area (Å²) < 4.78 is 35.1. The van der Waals surface area contributed by atoms with E-state index in [1.165, 1.54) is 4.31 Å². The lowest BCUT2D eigenvalue weighted by Gasteiger charge is -2.48. The quantitative estimate of drug-likeness (QED) is 0.268. The Morgan fingerprint density at radius 3 is 2.29 bits per heavy atom. The maximum atomic E-state index is 14.2. The van der Waals surface area contributed by atoms with Crippen molar-refractivity contribution in [1.82, 2.24) is 4.90 Å². The molecule has 1 amide bonds. The Bertz CT molecular complexity index is 1530. The highest BCUT2D eigenvalue weighted by atomic mass is 35.5. The smallest absolute Gasteiger partial charge is 0.306 e. The Morgan fingerprint density at radius 1 is 1.00 bits per heavy atom. The van der Waals surface area contributed by atoms with E-state index in [4.69, 9.17) is 27.9 Å². The fraction of sp³-hybridized carbons (Fsp3) is 0.355. The van der Waals surface area contributed by atoms with Crippen LogP contribution in [0.4, 0.5) is 5.69 Å². The maximum absolute atomic E-state index is 14.2. The predicted molar refractivity (Wildman–Crippen MR) is 162 cm³/mol. The van der Waals surface area contributed by atoms with Crippen LogP contribution in [-0.2, 0) is 24.3 Å². The Kier molecular flexibility index (Phi) is 9.13. The second-order valence-electron chi connectivity index (χ2n) is 10.6. The fourth-order valence-electron chi connectivity index (χ4n) is 5.50. The second kappa shape index (κ2) is 12.6. The van der Waals surface area contributed by atoms with Gasteiger partial charge in [-0.1, -0.05) is 72.6 Å². The minimum Gasteiger partial charge on any atom is -0.481 e. The van der Waals surface area contributed by atoms with Crippen LogP contribution < -0.4 is 4.31 Å². The van der Waals surface area contributed by atoms with Crippen molar-refractivity contribution in [2.75, 3.05) is 10.8 Å². The molecule has 1 N–H and O–H groups in total. The Balaban J connectivity index is 1.64. The number of carboxylic acids is 1. The van der Waals surface area contributed by atoms with E-state index in [-0.39, 0.29) is 6.54 Å². The van der Waals surface area contributed by atoms with Gasteiger partial charge in [-0.2, -0.15) is 0 Å². The molecule has 42 heavy (non-hydrogen) atoms. The van der Waals surface area contributed by atoms with Gasteiger partial charge in [0, 0.05) is 10.0 Å². The number of carboxylic acid groups (broad SMARTS) is 1. The Morgan fingerprint density at radius 2 is 1.69 bits per heavy atom. The molecule has 3 aromatic carbocycles. The molecular weight excluding hydrogens is 599 g/mol. The third kappa shape index (κ3) is 6.44. The number of hydrogen-bond donors (Lipinski definition) is 1. The van der Waals surface area contributed by atoms with Crippen LogP contribution in [0.25, 0.3) is 0 Å². The van der Waals surface area contributed by atoms with Gasteiger partial charge in [-0.25, -0.2) is 8.42 Å². The molecule has 1 heterocycles. The van der Waals surface area contributed by atoms with E-state index in [9.17, 15) is 23.1 Å². The molecule has 0 aromatic heterocycles. The van der Waals surface area contributed by atoms with E-state index in [2.05, 4.69) is 0 Å². The number of nitrogens with zero attached hydrogens (tertiary/aromatic N) is 2. The average molecular weight is 632 g/mol. The van der Waals surface area contributed by atoms with Crippen molar-refractivity contribution in [3.63, 3.8) is 0 Å². The first-order valence-corrected chi connectivity index (χ1v) is 16.1. The summed E-state index contributed by atoms with van der Waals surface area (Å²) in [6.45, 7) is 1.89. The highest BCUT2D eigenvalue weighted by molar-refractivity contribution is 7.93. The topological polar surface area (TPSA) is 104 Å². The van der Waals surface area contributed by atoms with Crippen LogP contribution in [0.3, 0.4) is 0 Å². The maximum Gasteiger partial charge on any atom is 0.306 e. The van der Waals surface area contributed by atoms with E-state index in [1.807, 2.05) is 19.1 Å². The molecule has 2 aliphatic rings. The van der Waals surface area contributed by atoms with E-state index >= 15 is 0 Å². The van der Waals surface area contributed by atoms with Crippen molar-refractivity contribution in [3.8, 4) is 0 Å². The van der Waals surface area contributed by atoms with Crippen LogP contribution in [-0.4, -0.2) is 54.2 Å². The van der Waals surface area contributed by atoms with Crippen molar-refractivity contribution in [3.05, 3.63) is 100 Å². The molecule has 2 fully saturated rings. The molecule has 3 aromatic rings. The standard InChI is InChI=1S/C31H32Cl2N2O6S/c1-2-24(19-34(25-9-4-3-5-10-25)42(39,40)26-15-16-26)35-29(20-11-13-22(32)14-12-20)30(21-7-6-8-23(33)17-21)41-27(31(35)38)18-28(36)37/h3-14,17,24,26-27,29-30H,2,15-16,18-19H2,1H3,(H,36,37)/t24-,27+,29+,30-/m1/s1. The van der Waals surface area contributed by atoms with Crippen molar-refractivity contribution in [2.45, 2.75) is 62.1 Å². The number of carbonyl (C=O) groups excluding carboxylic acids is 1. The zero-order chi connectivity index (χ0) is 30.0. The van der Waals surface area contributed by atoms with Crippen LogP contribution >= 0.6 is 23.2 Å². The first kappa shape index (κ1) is 30.4. The van der Waals surface area contributed by atoms with Gasteiger partial charge in [0.05, 0.1) is 36.0 Å². The zero-order valence-electron chi connectivity index (χ0n) is 23.0. The minimum atomic E-state index is -3.70. The molecular formula is C31H32Cl2N2O6S. The molecule has 1 aliphatic heterocycles. The molecule has 0 spiro atoms. The molecule has 1 saturated heterocycles. The minimum absolute atomic E-state index is 0.00274. The number of benzene rings is 3. The summed E-state index contributed by atoms with van der Waals surface area (Å²) in [4.78, 5) is 27.7. The number of halogens is 2. The lowest BCUT2D eigenvalue weighted by Crippen LogP contribution is -2.58. The lowest BCUT2D eigenvalue weighted by molar-refractivity contribution is -0.183. The first-order chi connectivity index (χ1) is 20.1. The number of para-hydroxylation sites is 1. The average Bonchev–Trinajstić information content (AvgIpc) is 3.82. The predicted octanol–water partition coefficient (Wildman–Crippen LogP) is 6.26. The zero-order valence-corrected chi connectivity index (χ0v) is 25.3. The van der Waals surface area contributed by atoms with Gasteiger partial charge < -0.3 is 14.7 Å². The molecule has 1 saturated carbocycles. The summed E-state index contributed by atoms with van der Waals surface area (Å²) in [5, 5.41) is 10.2. The van der Waals surface area contributed by atoms with Crippen molar-refractivity contribution in [2.24, 2.45) is 0 Å². The van der Waals surface area contributed by atoms with Gasteiger partial charge in [0.15, 0.2) is 0 Å². The molecule has 0 bridgehead atoms. The number of hydrogen-bond acceptors (Lipinski definition) is 5. The molecule has 4 atom stereocenters. The number of morpholine rings is 1. The molecule has 222 valence electrons. The second-order valence-corrected chi connectivity index (χ2v) is 13.6. The number of sulfonamides is 1. The summed E-state index contributed by atoms with van der Waals surface area (Å²) in [5.41, 5.74) is 1.89. The molecule has 1 aliphatic carbocycles. The molecule has 0 radical (unpaired) electrons. The number of aliphatic carboxylic acids is 1. The number of rotatable bonds is 11. The van der Waals surface area contributed by atoms with E-state index in [0.717, 1.165) is 0 Å². The van der Waals surface area contributed by atoms with Gasteiger partial charge in [0.25, 0.3) is 5.91 Å². The third-order valence-electron chi connectivity index (χ3n) is 7.71. The highest BCUT2D eigenvalue weighted by Gasteiger charge is 2.49. The van der Waals surface area contributed by atoms with Gasteiger partial charge >= 0.3 is 5.97 Å². The van der Waals surface area contributed by atoms with Crippen LogP contribution in [0.15, 0.2) is 78.9 Å². The van der Waals surface area contributed by atoms with Gasteiger partial charge in [0.1, 0.15) is 12.2 Å². The van der Waals surface area contributed by atoms with E-state index in [0.29, 0.717) is 46.1 Å². The third-order valence-corrected chi connectivity index (χ3v) is 10.5. The SMILES string of the molecule is CC[C@H](CN(c1ccccc1)S(=O)(=O)C1CC1)N1C(=O)[C@H](CC(=O)O)O[C@H](c2cccc(Cl)c2)[C@@H]1c1ccc(Cl)cc1. The van der Waals surface area contributed by atoms with Crippen LogP contribution in [0.2, 0.25) is 10.0 Å². The lowest BCUT2D eigenvalue weighted by atomic mass is 9.89. The van der Waals surface area contributed by atoms with Gasteiger partial charge in [-0.15, -0.1) is 0 Å².